The minimum absolute atomic E-state index is 0.116. The minimum Gasteiger partial charge on any atom is -0.459 e. The fraction of sp³-hybridized carbons (Fsp3) is 0.458. The SMILES string of the molecule is CO[C@@H]1[C@@H](O)[C@H](O)C(Oc2cc(-c3ccccc3)c(CCNC(C)=O)cc2F)OC1(C)C. The highest BCUT2D eigenvalue weighted by molar-refractivity contribution is 5.73. The van der Waals surface area contributed by atoms with Gasteiger partial charge in [0.15, 0.2) is 11.6 Å². The largest absolute Gasteiger partial charge is 0.459 e. The molecule has 1 amide bonds. The number of aliphatic hydroxyl groups is 2. The van der Waals surface area contributed by atoms with Crippen LogP contribution in [-0.2, 0) is 20.7 Å². The predicted octanol–water partition coefficient (Wildman–Crippen LogP) is 2.42. The lowest BCUT2D eigenvalue weighted by Crippen LogP contribution is -2.63. The predicted molar refractivity (Wildman–Crippen MR) is 117 cm³/mol. The second kappa shape index (κ2) is 9.95. The lowest BCUT2D eigenvalue weighted by molar-refractivity contribution is -0.306. The number of ether oxygens (including phenoxy) is 3. The zero-order valence-corrected chi connectivity index (χ0v) is 18.7. The van der Waals surface area contributed by atoms with Crippen molar-refractivity contribution in [3.8, 4) is 16.9 Å². The van der Waals surface area contributed by atoms with Crippen LogP contribution in [-0.4, -0.2) is 60.0 Å². The molecule has 2 aromatic carbocycles. The number of halogens is 1. The molecule has 174 valence electrons. The van der Waals surface area contributed by atoms with E-state index in [1.807, 2.05) is 30.3 Å². The molecule has 0 saturated carbocycles. The number of nitrogens with one attached hydrogen (secondary N) is 1. The number of amides is 1. The van der Waals surface area contributed by atoms with Crippen molar-refractivity contribution in [1.82, 2.24) is 5.32 Å². The number of rotatable bonds is 7. The summed E-state index contributed by atoms with van der Waals surface area (Å²) in [4.78, 5) is 11.2. The fourth-order valence-corrected chi connectivity index (χ4v) is 3.98. The summed E-state index contributed by atoms with van der Waals surface area (Å²) in [5.41, 5.74) is 1.29. The van der Waals surface area contributed by atoms with Gasteiger partial charge in [0, 0.05) is 20.6 Å². The first-order valence-corrected chi connectivity index (χ1v) is 10.5. The van der Waals surface area contributed by atoms with E-state index in [1.165, 1.54) is 20.1 Å². The van der Waals surface area contributed by atoms with E-state index in [9.17, 15) is 15.0 Å². The van der Waals surface area contributed by atoms with Gasteiger partial charge >= 0.3 is 0 Å². The van der Waals surface area contributed by atoms with E-state index in [1.54, 1.807) is 19.9 Å². The molecule has 3 rings (SSSR count). The van der Waals surface area contributed by atoms with Gasteiger partial charge in [-0.25, -0.2) is 4.39 Å². The van der Waals surface area contributed by atoms with Gasteiger partial charge in [0.2, 0.25) is 12.2 Å². The molecule has 32 heavy (non-hydrogen) atoms. The van der Waals surface area contributed by atoms with E-state index in [0.29, 0.717) is 18.5 Å². The quantitative estimate of drug-likeness (QED) is 0.603. The first kappa shape index (κ1) is 24.1. The normalized spacial score (nSPS) is 24.7. The third-order valence-electron chi connectivity index (χ3n) is 5.55. The molecule has 1 saturated heterocycles. The van der Waals surface area contributed by atoms with Crippen LogP contribution >= 0.6 is 0 Å². The third-order valence-corrected chi connectivity index (χ3v) is 5.55. The van der Waals surface area contributed by atoms with Crippen LogP contribution in [0.2, 0.25) is 0 Å². The minimum atomic E-state index is -1.44. The highest BCUT2D eigenvalue weighted by Crippen LogP contribution is 2.35. The van der Waals surface area contributed by atoms with Crippen LogP contribution in [0.15, 0.2) is 42.5 Å². The Hall–Kier alpha value is -2.52. The van der Waals surface area contributed by atoms with Crippen LogP contribution in [0.3, 0.4) is 0 Å². The van der Waals surface area contributed by atoms with Crippen molar-refractivity contribution >= 4 is 5.91 Å². The number of hydrogen-bond acceptors (Lipinski definition) is 6. The molecule has 1 unspecified atom stereocenters. The number of aliphatic hydroxyl groups excluding tert-OH is 2. The van der Waals surface area contributed by atoms with Crippen molar-refractivity contribution in [3.05, 3.63) is 53.8 Å². The van der Waals surface area contributed by atoms with E-state index in [-0.39, 0.29) is 11.7 Å². The molecule has 2 aromatic rings. The van der Waals surface area contributed by atoms with Gasteiger partial charge in [0.05, 0.1) is 5.60 Å². The van der Waals surface area contributed by atoms with Gasteiger partial charge in [-0.15, -0.1) is 0 Å². The molecular formula is C24H30FNO6. The Labute approximate surface area is 187 Å². The average Bonchev–Trinajstić information content (AvgIpc) is 2.74. The summed E-state index contributed by atoms with van der Waals surface area (Å²) in [5, 5.41) is 23.7. The summed E-state index contributed by atoms with van der Waals surface area (Å²) in [7, 11) is 1.42. The molecule has 4 atom stereocenters. The van der Waals surface area contributed by atoms with E-state index in [0.717, 1.165) is 11.1 Å². The molecule has 7 nitrogen and oxygen atoms in total. The second-order valence-corrected chi connectivity index (χ2v) is 8.38. The third kappa shape index (κ3) is 5.27. The van der Waals surface area contributed by atoms with Crippen molar-refractivity contribution < 1.29 is 33.6 Å². The van der Waals surface area contributed by atoms with Gasteiger partial charge < -0.3 is 29.7 Å². The van der Waals surface area contributed by atoms with Crippen LogP contribution in [0.5, 0.6) is 5.75 Å². The molecule has 1 aliphatic rings. The number of benzene rings is 2. The number of carbonyl (C=O) groups excluding carboxylic acids is 1. The first-order chi connectivity index (χ1) is 15.1. The topological polar surface area (TPSA) is 97.3 Å². The smallest absolute Gasteiger partial charge is 0.229 e. The molecule has 0 aromatic heterocycles. The Morgan fingerprint density at radius 1 is 1.19 bits per heavy atom. The van der Waals surface area contributed by atoms with E-state index >= 15 is 4.39 Å². The number of hydrogen-bond donors (Lipinski definition) is 3. The van der Waals surface area contributed by atoms with Gasteiger partial charge in [-0.05, 0) is 49.1 Å². The molecule has 0 aliphatic carbocycles. The Bertz CT molecular complexity index is 936. The zero-order valence-electron chi connectivity index (χ0n) is 18.7. The van der Waals surface area contributed by atoms with Gasteiger partial charge in [0.25, 0.3) is 0 Å². The summed E-state index contributed by atoms with van der Waals surface area (Å²) < 4.78 is 31.8. The molecule has 3 N–H and O–H groups in total. The van der Waals surface area contributed by atoms with Gasteiger partial charge in [0.1, 0.15) is 18.3 Å². The van der Waals surface area contributed by atoms with Gasteiger partial charge in [-0.1, -0.05) is 30.3 Å². The van der Waals surface area contributed by atoms with E-state index < -0.39 is 36.0 Å². The maximum absolute atomic E-state index is 15.0. The van der Waals surface area contributed by atoms with Gasteiger partial charge in [-0.3, -0.25) is 4.79 Å². The van der Waals surface area contributed by atoms with Crippen LogP contribution in [0.1, 0.15) is 26.3 Å². The van der Waals surface area contributed by atoms with Crippen molar-refractivity contribution in [1.29, 1.82) is 0 Å². The summed E-state index contributed by atoms with van der Waals surface area (Å²) in [6.45, 7) is 5.18. The van der Waals surface area contributed by atoms with E-state index in [2.05, 4.69) is 5.32 Å². The average molecular weight is 448 g/mol. The van der Waals surface area contributed by atoms with Crippen LogP contribution in [0, 0.1) is 5.82 Å². The lowest BCUT2D eigenvalue weighted by atomic mass is 9.89. The maximum Gasteiger partial charge on any atom is 0.229 e. The molecule has 0 radical (unpaired) electrons. The first-order valence-electron chi connectivity index (χ1n) is 10.5. The highest BCUT2D eigenvalue weighted by atomic mass is 19.1. The molecule has 8 heteroatoms. The Morgan fingerprint density at radius 3 is 2.50 bits per heavy atom. The van der Waals surface area contributed by atoms with Crippen LogP contribution in [0.25, 0.3) is 11.1 Å². The van der Waals surface area contributed by atoms with E-state index in [4.69, 9.17) is 14.2 Å². The maximum atomic E-state index is 15.0. The summed E-state index contributed by atoms with van der Waals surface area (Å²) >= 11 is 0. The molecule has 0 bridgehead atoms. The standard InChI is InChI=1S/C24H30FNO6/c1-14(27)26-11-10-16-12-18(25)19(13-17(16)15-8-6-5-7-9-15)31-23-21(29)20(28)22(30-4)24(2,3)32-23/h5-9,12-13,20-23,28-29H,10-11H2,1-4H3,(H,26,27)/t20-,21-,22+,23?/m0/s1. The Morgan fingerprint density at radius 2 is 1.88 bits per heavy atom. The number of carbonyl (C=O) groups is 1. The highest BCUT2D eigenvalue weighted by Gasteiger charge is 2.50. The fourth-order valence-electron chi connectivity index (χ4n) is 3.98. The number of methoxy groups -OCH3 is 1. The van der Waals surface area contributed by atoms with Gasteiger partial charge in [-0.2, -0.15) is 0 Å². The van der Waals surface area contributed by atoms with Crippen molar-refractivity contribution in [2.24, 2.45) is 0 Å². The monoisotopic (exact) mass is 447 g/mol. The zero-order chi connectivity index (χ0) is 23.5. The van der Waals surface area contributed by atoms with Crippen molar-refractivity contribution in [2.75, 3.05) is 13.7 Å². The molecule has 1 heterocycles. The van der Waals surface area contributed by atoms with Crippen molar-refractivity contribution in [3.63, 3.8) is 0 Å². The summed E-state index contributed by atoms with van der Waals surface area (Å²) in [6.07, 6.45) is -4.37. The molecule has 1 fully saturated rings. The van der Waals surface area contributed by atoms with Crippen LogP contribution in [0.4, 0.5) is 4.39 Å². The Balaban J connectivity index is 1.92. The molecule has 1 aliphatic heterocycles. The summed E-state index contributed by atoms with van der Waals surface area (Å²) in [5.74, 6) is -0.917. The molecule has 0 spiro atoms. The van der Waals surface area contributed by atoms with Crippen LogP contribution < -0.4 is 10.1 Å². The molecular weight excluding hydrogens is 417 g/mol. The lowest BCUT2D eigenvalue weighted by Gasteiger charge is -2.46. The summed E-state index contributed by atoms with van der Waals surface area (Å²) in [6, 6.07) is 12.3. The second-order valence-electron chi connectivity index (χ2n) is 8.38. The Kier molecular flexibility index (Phi) is 7.51. The van der Waals surface area contributed by atoms with Crippen molar-refractivity contribution in [2.45, 2.75) is 57.4 Å².